The molecule has 0 saturated carbocycles. The molecule has 1 aromatic heterocycles. The molecule has 0 unspecified atom stereocenters. The standard InChI is InChI=1S/C23H16Cl3N3O2S/c1-12-9-14(13(2)28(12)17-7-8-19(25)20(26)11-17)10-18-21(30)27-23(32)29(22(18)31)16-5-3-15(24)4-6-16/h3-11H,1-2H3,(H,27,30,32). The molecule has 162 valence electrons. The van der Waals surface area contributed by atoms with Crippen LogP contribution in [-0.2, 0) is 9.59 Å². The van der Waals surface area contributed by atoms with Gasteiger partial charge < -0.3 is 4.57 Å². The van der Waals surface area contributed by atoms with Crippen LogP contribution < -0.4 is 10.2 Å². The van der Waals surface area contributed by atoms with Crippen molar-refractivity contribution in [2.45, 2.75) is 13.8 Å². The van der Waals surface area contributed by atoms with Gasteiger partial charge in [0.1, 0.15) is 5.57 Å². The minimum absolute atomic E-state index is 0.0146. The van der Waals surface area contributed by atoms with Crippen molar-refractivity contribution in [3.8, 4) is 5.69 Å². The molecule has 0 atom stereocenters. The van der Waals surface area contributed by atoms with Crippen molar-refractivity contribution < 1.29 is 9.59 Å². The zero-order valence-electron chi connectivity index (χ0n) is 16.9. The van der Waals surface area contributed by atoms with E-state index < -0.39 is 11.8 Å². The van der Waals surface area contributed by atoms with Gasteiger partial charge in [0.2, 0.25) is 0 Å². The molecule has 2 aromatic carbocycles. The molecule has 1 saturated heterocycles. The molecule has 3 aromatic rings. The van der Waals surface area contributed by atoms with Gasteiger partial charge in [-0.1, -0.05) is 34.8 Å². The van der Waals surface area contributed by atoms with Gasteiger partial charge >= 0.3 is 0 Å². The maximum Gasteiger partial charge on any atom is 0.270 e. The van der Waals surface area contributed by atoms with Gasteiger partial charge in [-0.15, -0.1) is 0 Å². The van der Waals surface area contributed by atoms with Crippen LogP contribution in [0, 0.1) is 13.8 Å². The predicted molar refractivity (Wildman–Crippen MR) is 133 cm³/mol. The molecule has 1 aliphatic heterocycles. The first kappa shape index (κ1) is 22.6. The number of aromatic nitrogens is 1. The molecule has 9 heteroatoms. The van der Waals surface area contributed by atoms with Gasteiger partial charge in [0.25, 0.3) is 11.8 Å². The number of carbonyl (C=O) groups excluding carboxylic acids is 2. The second-order valence-electron chi connectivity index (χ2n) is 7.19. The first-order valence-electron chi connectivity index (χ1n) is 9.49. The van der Waals surface area contributed by atoms with Crippen LogP contribution in [0.3, 0.4) is 0 Å². The van der Waals surface area contributed by atoms with Crippen molar-refractivity contribution in [1.82, 2.24) is 9.88 Å². The molecule has 0 aliphatic carbocycles. The van der Waals surface area contributed by atoms with E-state index in [1.54, 1.807) is 42.5 Å². The Morgan fingerprint density at radius 2 is 1.56 bits per heavy atom. The molecule has 0 radical (unpaired) electrons. The lowest BCUT2D eigenvalue weighted by Gasteiger charge is -2.28. The Morgan fingerprint density at radius 1 is 0.906 bits per heavy atom. The number of carbonyl (C=O) groups is 2. The van der Waals surface area contributed by atoms with E-state index in [2.05, 4.69) is 5.32 Å². The maximum atomic E-state index is 13.2. The lowest BCUT2D eigenvalue weighted by molar-refractivity contribution is -0.122. The van der Waals surface area contributed by atoms with Crippen LogP contribution >= 0.6 is 47.0 Å². The number of thiocarbonyl (C=S) groups is 1. The van der Waals surface area contributed by atoms with Crippen LogP contribution in [0.2, 0.25) is 15.1 Å². The predicted octanol–water partition coefficient (Wildman–Crippen LogP) is 5.89. The number of hydrogen-bond acceptors (Lipinski definition) is 3. The molecular weight excluding hydrogens is 489 g/mol. The van der Waals surface area contributed by atoms with Crippen molar-refractivity contribution in [1.29, 1.82) is 0 Å². The third-order valence-electron chi connectivity index (χ3n) is 5.12. The van der Waals surface area contributed by atoms with E-state index in [0.717, 1.165) is 22.6 Å². The van der Waals surface area contributed by atoms with E-state index in [4.69, 9.17) is 47.0 Å². The zero-order valence-corrected chi connectivity index (χ0v) is 20.0. The number of benzene rings is 2. The molecular formula is C23H16Cl3N3O2S. The van der Waals surface area contributed by atoms with Crippen molar-refractivity contribution >= 4 is 75.7 Å². The summed E-state index contributed by atoms with van der Waals surface area (Å²) in [6.45, 7) is 3.82. The van der Waals surface area contributed by atoms with Crippen LogP contribution in [0.25, 0.3) is 11.8 Å². The Bertz CT molecular complexity index is 1310. The molecule has 5 nitrogen and oxygen atoms in total. The van der Waals surface area contributed by atoms with Crippen LogP contribution in [0.15, 0.2) is 54.1 Å². The number of nitrogens with one attached hydrogen (secondary N) is 1. The van der Waals surface area contributed by atoms with Gasteiger partial charge in [-0.2, -0.15) is 0 Å². The van der Waals surface area contributed by atoms with E-state index in [-0.39, 0.29) is 10.7 Å². The monoisotopic (exact) mass is 503 g/mol. The summed E-state index contributed by atoms with van der Waals surface area (Å²) in [4.78, 5) is 27.1. The molecule has 1 N–H and O–H groups in total. The Hall–Kier alpha value is -2.64. The highest BCUT2D eigenvalue weighted by molar-refractivity contribution is 7.80. The molecule has 2 amide bonds. The topological polar surface area (TPSA) is 54.3 Å². The van der Waals surface area contributed by atoms with Gasteiger partial charge in [0.05, 0.1) is 15.7 Å². The highest BCUT2D eigenvalue weighted by Crippen LogP contribution is 2.29. The average Bonchev–Trinajstić information content (AvgIpc) is 3.01. The second-order valence-corrected chi connectivity index (χ2v) is 8.83. The highest BCUT2D eigenvalue weighted by atomic mass is 35.5. The van der Waals surface area contributed by atoms with Crippen molar-refractivity contribution in [2.75, 3.05) is 4.90 Å². The van der Waals surface area contributed by atoms with Crippen LogP contribution in [0.1, 0.15) is 17.0 Å². The van der Waals surface area contributed by atoms with Gasteiger partial charge in [0, 0.05) is 22.1 Å². The second kappa shape index (κ2) is 8.71. The Balaban J connectivity index is 1.76. The van der Waals surface area contributed by atoms with E-state index in [0.29, 0.717) is 20.8 Å². The highest BCUT2D eigenvalue weighted by Gasteiger charge is 2.34. The summed E-state index contributed by atoms with van der Waals surface area (Å²) in [5, 5.41) is 4.02. The first-order valence-corrected chi connectivity index (χ1v) is 11.0. The summed E-state index contributed by atoms with van der Waals surface area (Å²) in [7, 11) is 0. The Labute approximate surface area is 205 Å². The third kappa shape index (κ3) is 4.07. The average molecular weight is 505 g/mol. The molecule has 0 spiro atoms. The zero-order chi connectivity index (χ0) is 23.2. The SMILES string of the molecule is Cc1cc(C=C2C(=O)NC(=S)N(c3ccc(Cl)cc3)C2=O)c(C)n1-c1ccc(Cl)c(Cl)c1. The lowest BCUT2D eigenvalue weighted by Crippen LogP contribution is -2.54. The van der Waals surface area contributed by atoms with Gasteiger partial charge in [-0.25, -0.2) is 0 Å². The smallest absolute Gasteiger partial charge is 0.270 e. The largest absolute Gasteiger partial charge is 0.318 e. The van der Waals surface area contributed by atoms with Crippen LogP contribution in [-0.4, -0.2) is 21.5 Å². The molecule has 1 aliphatic rings. The van der Waals surface area contributed by atoms with E-state index in [9.17, 15) is 9.59 Å². The van der Waals surface area contributed by atoms with Gasteiger partial charge in [0.15, 0.2) is 5.11 Å². The molecule has 1 fully saturated rings. The van der Waals surface area contributed by atoms with Crippen LogP contribution in [0.5, 0.6) is 0 Å². The number of halogens is 3. The number of hydrogen-bond donors (Lipinski definition) is 1. The summed E-state index contributed by atoms with van der Waals surface area (Å²) in [5.74, 6) is -1.06. The maximum absolute atomic E-state index is 13.2. The molecule has 4 rings (SSSR count). The fraction of sp³-hybridized carbons (Fsp3) is 0.0870. The molecule has 32 heavy (non-hydrogen) atoms. The van der Waals surface area contributed by atoms with Crippen molar-refractivity contribution in [3.63, 3.8) is 0 Å². The fourth-order valence-corrected chi connectivity index (χ4v) is 4.29. The van der Waals surface area contributed by atoms with E-state index >= 15 is 0 Å². The lowest BCUT2D eigenvalue weighted by atomic mass is 10.1. The number of amides is 2. The van der Waals surface area contributed by atoms with E-state index in [1.165, 1.54) is 4.90 Å². The first-order chi connectivity index (χ1) is 15.2. The summed E-state index contributed by atoms with van der Waals surface area (Å²) in [6.07, 6.45) is 1.57. The van der Waals surface area contributed by atoms with E-state index in [1.807, 2.05) is 30.5 Å². The summed E-state index contributed by atoms with van der Waals surface area (Å²) < 4.78 is 1.97. The number of rotatable bonds is 3. The summed E-state index contributed by atoms with van der Waals surface area (Å²) in [5.41, 5.74) is 3.76. The minimum atomic E-state index is -0.551. The quantitative estimate of drug-likeness (QED) is 0.275. The third-order valence-corrected chi connectivity index (χ3v) is 6.39. The minimum Gasteiger partial charge on any atom is -0.318 e. The normalized spacial score (nSPS) is 15.5. The van der Waals surface area contributed by atoms with Gasteiger partial charge in [-0.3, -0.25) is 19.8 Å². The van der Waals surface area contributed by atoms with Crippen molar-refractivity contribution in [2.24, 2.45) is 0 Å². The fourth-order valence-electron chi connectivity index (χ4n) is 3.59. The van der Waals surface area contributed by atoms with Crippen molar-refractivity contribution in [3.05, 3.63) is 86.1 Å². The molecule has 0 bridgehead atoms. The number of nitrogens with zero attached hydrogens (tertiary/aromatic N) is 2. The Morgan fingerprint density at radius 3 is 2.22 bits per heavy atom. The Kier molecular flexibility index (Phi) is 6.14. The summed E-state index contributed by atoms with van der Waals surface area (Å²) >= 11 is 23.4. The molecule has 2 heterocycles. The number of aryl methyl sites for hydroxylation is 1. The summed E-state index contributed by atoms with van der Waals surface area (Å²) in [6, 6.07) is 13.9. The van der Waals surface area contributed by atoms with Gasteiger partial charge in [-0.05, 0) is 86.2 Å². The number of anilines is 1. The van der Waals surface area contributed by atoms with Crippen LogP contribution in [0.4, 0.5) is 5.69 Å².